The van der Waals surface area contributed by atoms with Gasteiger partial charge in [0.15, 0.2) is 17.5 Å². The molecule has 4 nitrogen and oxygen atoms in total. The lowest BCUT2D eigenvalue weighted by molar-refractivity contribution is 0.669. The van der Waals surface area contributed by atoms with Gasteiger partial charge in [0.25, 0.3) is 0 Å². The highest BCUT2D eigenvalue weighted by Crippen LogP contribution is 2.42. The number of rotatable bonds is 5. The van der Waals surface area contributed by atoms with Gasteiger partial charge in [-0.15, -0.1) is 0 Å². The first-order chi connectivity index (χ1) is 25.2. The van der Waals surface area contributed by atoms with E-state index in [1.54, 1.807) is 0 Å². The van der Waals surface area contributed by atoms with Crippen molar-refractivity contribution < 1.29 is 4.42 Å². The maximum Gasteiger partial charge on any atom is 0.164 e. The molecule has 2 heterocycles. The Kier molecular flexibility index (Phi) is 6.78. The van der Waals surface area contributed by atoms with Gasteiger partial charge in [-0.25, -0.2) is 15.0 Å². The molecule has 51 heavy (non-hydrogen) atoms. The van der Waals surface area contributed by atoms with Gasteiger partial charge in [0, 0.05) is 27.5 Å². The maximum atomic E-state index is 6.68. The standard InChI is InChI=1S/C47H29N3O/c1-3-13-34(14-4-1)45-48-46(35-15-5-2-6-16-35)50-47(49-45)40-28-38(29-42-44(40)43-39-18-10-9-12-33(39)25-26-41(43)51-42)32-21-19-31(20-22-32)37-24-23-30-11-7-8-17-36(30)27-37/h1-29H. The van der Waals surface area contributed by atoms with Crippen LogP contribution in [0.3, 0.4) is 0 Å². The number of aromatic nitrogens is 3. The van der Waals surface area contributed by atoms with Crippen molar-refractivity contribution in [1.29, 1.82) is 0 Å². The zero-order chi connectivity index (χ0) is 33.7. The fourth-order valence-electron chi connectivity index (χ4n) is 7.16. The molecule has 0 radical (unpaired) electrons. The van der Waals surface area contributed by atoms with Crippen molar-refractivity contribution in [2.45, 2.75) is 0 Å². The predicted octanol–water partition coefficient (Wildman–Crippen LogP) is 12.4. The van der Waals surface area contributed by atoms with Gasteiger partial charge in [-0.2, -0.15) is 0 Å². The van der Waals surface area contributed by atoms with Crippen molar-refractivity contribution in [2.75, 3.05) is 0 Å². The molecule has 0 spiro atoms. The molecule has 4 heteroatoms. The summed E-state index contributed by atoms with van der Waals surface area (Å²) >= 11 is 0. The number of benzene rings is 8. The van der Waals surface area contributed by atoms with Gasteiger partial charge >= 0.3 is 0 Å². The molecule has 0 aliphatic carbocycles. The fourth-order valence-corrected chi connectivity index (χ4v) is 7.16. The quantitative estimate of drug-likeness (QED) is 0.186. The summed E-state index contributed by atoms with van der Waals surface area (Å²) in [4.78, 5) is 15.3. The number of nitrogens with zero attached hydrogens (tertiary/aromatic N) is 3. The van der Waals surface area contributed by atoms with E-state index >= 15 is 0 Å². The molecule has 0 atom stereocenters. The van der Waals surface area contributed by atoms with Crippen molar-refractivity contribution >= 4 is 43.5 Å². The second-order valence-electron chi connectivity index (χ2n) is 12.8. The van der Waals surface area contributed by atoms with E-state index in [1.807, 2.05) is 60.7 Å². The number of furan rings is 1. The third-order valence-electron chi connectivity index (χ3n) is 9.70. The summed E-state index contributed by atoms with van der Waals surface area (Å²) in [6.07, 6.45) is 0. The first kappa shape index (κ1) is 29.0. The van der Waals surface area contributed by atoms with E-state index in [0.29, 0.717) is 17.5 Å². The molecule has 10 rings (SSSR count). The number of fused-ring (bicyclic) bond motifs is 6. The molecule has 0 aliphatic heterocycles. The Hall–Kier alpha value is -6.91. The molecule has 8 aromatic carbocycles. The van der Waals surface area contributed by atoms with Crippen molar-refractivity contribution in [2.24, 2.45) is 0 Å². The molecule has 238 valence electrons. The second-order valence-corrected chi connectivity index (χ2v) is 12.8. The van der Waals surface area contributed by atoms with E-state index in [4.69, 9.17) is 19.4 Å². The lowest BCUT2D eigenvalue weighted by Crippen LogP contribution is -2.00. The fraction of sp³-hybridized carbons (Fsp3) is 0. The first-order valence-corrected chi connectivity index (χ1v) is 17.1. The molecule has 0 aliphatic rings. The average molecular weight is 652 g/mol. The van der Waals surface area contributed by atoms with Crippen LogP contribution >= 0.6 is 0 Å². The zero-order valence-electron chi connectivity index (χ0n) is 27.5. The van der Waals surface area contributed by atoms with Crippen LogP contribution in [0.5, 0.6) is 0 Å². The number of hydrogen-bond acceptors (Lipinski definition) is 4. The van der Waals surface area contributed by atoms with Crippen LogP contribution in [-0.4, -0.2) is 15.0 Å². The van der Waals surface area contributed by atoms with Gasteiger partial charge in [-0.05, 0) is 68.1 Å². The molecule has 0 bridgehead atoms. The third-order valence-corrected chi connectivity index (χ3v) is 9.70. The van der Waals surface area contributed by atoms with Crippen molar-refractivity contribution in [3.05, 3.63) is 176 Å². The normalized spacial score (nSPS) is 11.5. The van der Waals surface area contributed by atoms with Gasteiger partial charge < -0.3 is 4.42 Å². The van der Waals surface area contributed by atoms with E-state index in [0.717, 1.165) is 60.5 Å². The van der Waals surface area contributed by atoms with Crippen LogP contribution in [0, 0.1) is 0 Å². The Morgan fingerprint density at radius 3 is 1.57 bits per heavy atom. The SMILES string of the molecule is c1ccc(-c2nc(-c3ccccc3)nc(-c3cc(-c4ccc(-c5ccc6ccccc6c5)cc4)cc4oc5ccc6ccccc6c5c34)n2)cc1. The molecule has 2 aromatic heterocycles. The minimum absolute atomic E-state index is 0.595. The van der Waals surface area contributed by atoms with Crippen LogP contribution in [0.4, 0.5) is 0 Å². The van der Waals surface area contributed by atoms with Gasteiger partial charge in [-0.3, -0.25) is 0 Å². The lowest BCUT2D eigenvalue weighted by Gasteiger charge is -2.12. The Morgan fingerprint density at radius 2 is 0.863 bits per heavy atom. The van der Waals surface area contributed by atoms with Crippen molar-refractivity contribution in [3.63, 3.8) is 0 Å². The molecule has 0 amide bonds. The Labute approximate surface area is 294 Å². The van der Waals surface area contributed by atoms with E-state index in [1.165, 1.54) is 21.9 Å². The topological polar surface area (TPSA) is 51.8 Å². The van der Waals surface area contributed by atoms with Crippen LogP contribution in [0.2, 0.25) is 0 Å². The summed E-state index contributed by atoms with van der Waals surface area (Å²) in [5.74, 6) is 1.84. The highest BCUT2D eigenvalue weighted by Gasteiger charge is 2.21. The van der Waals surface area contributed by atoms with Crippen molar-refractivity contribution in [1.82, 2.24) is 15.0 Å². The van der Waals surface area contributed by atoms with Gasteiger partial charge in [0.05, 0.1) is 0 Å². The number of hydrogen-bond donors (Lipinski definition) is 0. The summed E-state index contributed by atoms with van der Waals surface area (Å²) in [6.45, 7) is 0. The summed E-state index contributed by atoms with van der Waals surface area (Å²) in [5, 5.41) is 6.79. The Morgan fingerprint density at radius 1 is 0.314 bits per heavy atom. The van der Waals surface area contributed by atoms with E-state index < -0.39 is 0 Å². The minimum Gasteiger partial charge on any atom is -0.456 e. The van der Waals surface area contributed by atoms with E-state index in [9.17, 15) is 0 Å². The monoisotopic (exact) mass is 651 g/mol. The molecule has 10 aromatic rings. The maximum absolute atomic E-state index is 6.68. The molecule has 0 unspecified atom stereocenters. The highest BCUT2D eigenvalue weighted by molar-refractivity contribution is 6.23. The first-order valence-electron chi connectivity index (χ1n) is 17.1. The molecular weight excluding hydrogens is 623 g/mol. The Bertz CT molecular complexity index is 2840. The average Bonchev–Trinajstić information content (AvgIpc) is 3.60. The van der Waals surface area contributed by atoms with Crippen molar-refractivity contribution in [3.8, 4) is 56.4 Å². The van der Waals surface area contributed by atoms with Gasteiger partial charge in [-0.1, -0.05) is 152 Å². The summed E-state index contributed by atoms with van der Waals surface area (Å²) in [7, 11) is 0. The summed E-state index contributed by atoms with van der Waals surface area (Å²) < 4.78 is 6.68. The van der Waals surface area contributed by atoms with Crippen LogP contribution in [0.25, 0.3) is 99.9 Å². The van der Waals surface area contributed by atoms with Crippen LogP contribution in [-0.2, 0) is 0 Å². The van der Waals surface area contributed by atoms with Crippen LogP contribution < -0.4 is 0 Å². The van der Waals surface area contributed by atoms with E-state index in [-0.39, 0.29) is 0 Å². The molecule has 0 N–H and O–H groups in total. The van der Waals surface area contributed by atoms with Crippen LogP contribution in [0.1, 0.15) is 0 Å². The third kappa shape index (κ3) is 5.13. The van der Waals surface area contributed by atoms with E-state index in [2.05, 4.69) is 115 Å². The Balaban J connectivity index is 1.21. The highest BCUT2D eigenvalue weighted by atomic mass is 16.3. The minimum atomic E-state index is 0.595. The molecule has 0 saturated heterocycles. The molecule has 0 saturated carbocycles. The largest absolute Gasteiger partial charge is 0.456 e. The zero-order valence-corrected chi connectivity index (χ0v) is 27.5. The molecule has 0 fully saturated rings. The predicted molar refractivity (Wildman–Crippen MR) is 209 cm³/mol. The summed E-state index contributed by atoms with van der Waals surface area (Å²) in [6, 6.07) is 61.1. The smallest absolute Gasteiger partial charge is 0.164 e. The summed E-state index contributed by atoms with van der Waals surface area (Å²) in [5.41, 5.74) is 8.82. The molecular formula is C47H29N3O. The lowest BCUT2D eigenvalue weighted by atomic mass is 9.95. The second kappa shape index (κ2) is 11.9. The van der Waals surface area contributed by atoms with Gasteiger partial charge in [0.2, 0.25) is 0 Å². The van der Waals surface area contributed by atoms with Gasteiger partial charge in [0.1, 0.15) is 11.2 Å². The van der Waals surface area contributed by atoms with Crippen LogP contribution in [0.15, 0.2) is 180 Å².